The number of nitrogens with two attached hydrogens (primary N) is 1. The molecular formula is C17H19BrN4O2S2. The molecule has 3 rings (SSSR count). The molecule has 0 saturated carbocycles. The van der Waals surface area contributed by atoms with Crippen LogP contribution in [0.4, 0.5) is 5.13 Å². The summed E-state index contributed by atoms with van der Waals surface area (Å²) in [7, 11) is 3.23. The van der Waals surface area contributed by atoms with Crippen molar-refractivity contribution in [1.82, 2.24) is 4.98 Å². The second kappa shape index (κ2) is 9.56. The maximum absolute atomic E-state index is 5.99. The first kappa shape index (κ1) is 20.2. The third kappa shape index (κ3) is 4.75. The molecule has 3 N–H and O–H groups in total. The monoisotopic (exact) mass is 454 g/mol. The molecule has 3 aromatic rings. The number of guanidine groups is 1. The zero-order valence-electron chi connectivity index (χ0n) is 14.3. The van der Waals surface area contributed by atoms with Gasteiger partial charge in [0.15, 0.2) is 11.1 Å². The van der Waals surface area contributed by atoms with Gasteiger partial charge in [-0.05, 0) is 23.6 Å². The van der Waals surface area contributed by atoms with Crippen molar-refractivity contribution in [3.63, 3.8) is 0 Å². The van der Waals surface area contributed by atoms with Crippen LogP contribution in [0.15, 0.2) is 46.1 Å². The van der Waals surface area contributed by atoms with Crippen molar-refractivity contribution in [3.8, 4) is 22.1 Å². The number of thiazole rings is 1. The van der Waals surface area contributed by atoms with E-state index in [2.05, 4.69) is 15.3 Å². The summed E-state index contributed by atoms with van der Waals surface area (Å²) >= 11 is 3.14. The van der Waals surface area contributed by atoms with Gasteiger partial charge < -0.3 is 20.5 Å². The summed E-state index contributed by atoms with van der Waals surface area (Å²) in [5.74, 6) is 1.72. The molecule has 2 heterocycles. The molecule has 0 aliphatic rings. The first-order chi connectivity index (χ1) is 12.2. The number of nitrogens with one attached hydrogen (secondary N) is 1. The summed E-state index contributed by atoms with van der Waals surface area (Å²) in [6.07, 6.45) is 0. The Kier molecular flexibility index (Phi) is 7.43. The van der Waals surface area contributed by atoms with E-state index in [4.69, 9.17) is 15.2 Å². The summed E-state index contributed by atoms with van der Waals surface area (Å²) in [4.78, 5) is 10.0. The molecule has 9 heteroatoms. The average molecular weight is 455 g/mol. The molecule has 0 saturated heterocycles. The molecule has 0 spiro atoms. The highest BCUT2D eigenvalue weighted by Crippen LogP contribution is 2.29. The first-order valence-corrected chi connectivity index (χ1v) is 9.23. The van der Waals surface area contributed by atoms with Crippen molar-refractivity contribution in [2.75, 3.05) is 19.5 Å². The van der Waals surface area contributed by atoms with Gasteiger partial charge in [-0.15, -0.1) is 39.7 Å². The maximum Gasteiger partial charge on any atom is 0.195 e. The number of halogens is 1. The van der Waals surface area contributed by atoms with E-state index in [0.717, 1.165) is 16.1 Å². The molecule has 0 radical (unpaired) electrons. The second-order valence-corrected chi connectivity index (χ2v) is 6.79. The number of hydrogen-bond donors (Lipinski definition) is 2. The number of rotatable bonds is 6. The molecule has 26 heavy (non-hydrogen) atoms. The molecule has 0 fully saturated rings. The van der Waals surface area contributed by atoms with Gasteiger partial charge in [0.25, 0.3) is 0 Å². The fourth-order valence-electron chi connectivity index (χ4n) is 2.27. The van der Waals surface area contributed by atoms with Crippen molar-refractivity contribution in [2.45, 2.75) is 6.54 Å². The lowest BCUT2D eigenvalue weighted by atomic mass is 10.2. The SMILES string of the molecule is Br.COc1cccc(OC)c1CN=C(N)Nc1nc(-c2cccs2)cs1. The van der Waals surface area contributed by atoms with Gasteiger partial charge in [-0.25, -0.2) is 9.98 Å². The highest BCUT2D eigenvalue weighted by Gasteiger charge is 2.10. The lowest BCUT2D eigenvalue weighted by Crippen LogP contribution is -2.22. The predicted octanol–water partition coefficient (Wildman–Crippen LogP) is 4.39. The molecule has 138 valence electrons. The molecule has 6 nitrogen and oxygen atoms in total. The van der Waals surface area contributed by atoms with Gasteiger partial charge in [-0.3, -0.25) is 0 Å². The van der Waals surface area contributed by atoms with E-state index in [9.17, 15) is 0 Å². The number of methoxy groups -OCH3 is 2. The van der Waals surface area contributed by atoms with Crippen LogP contribution in [-0.4, -0.2) is 25.2 Å². The largest absolute Gasteiger partial charge is 0.496 e. The Morgan fingerprint density at radius 3 is 2.50 bits per heavy atom. The third-order valence-corrected chi connectivity index (χ3v) is 5.10. The Bertz CT molecular complexity index is 843. The number of thiophene rings is 1. The van der Waals surface area contributed by atoms with E-state index < -0.39 is 0 Å². The van der Waals surface area contributed by atoms with Crippen LogP contribution in [0, 0.1) is 0 Å². The van der Waals surface area contributed by atoms with Gasteiger partial charge in [0.2, 0.25) is 0 Å². The highest BCUT2D eigenvalue weighted by molar-refractivity contribution is 8.93. The van der Waals surface area contributed by atoms with Gasteiger partial charge in [0.1, 0.15) is 11.5 Å². The van der Waals surface area contributed by atoms with E-state index in [-0.39, 0.29) is 17.0 Å². The molecular weight excluding hydrogens is 436 g/mol. The molecule has 0 aliphatic carbocycles. The molecule has 0 unspecified atom stereocenters. The number of benzene rings is 1. The van der Waals surface area contributed by atoms with Crippen LogP contribution in [0.2, 0.25) is 0 Å². The van der Waals surface area contributed by atoms with E-state index in [0.29, 0.717) is 29.1 Å². The highest BCUT2D eigenvalue weighted by atomic mass is 79.9. The average Bonchev–Trinajstić information content (AvgIpc) is 3.31. The molecule has 0 amide bonds. The van der Waals surface area contributed by atoms with Crippen LogP contribution < -0.4 is 20.5 Å². The summed E-state index contributed by atoms with van der Waals surface area (Å²) < 4.78 is 10.7. The second-order valence-electron chi connectivity index (χ2n) is 4.98. The lowest BCUT2D eigenvalue weighted by Gasteiger charge is -2.11. The van der Waals surface area contributed by atoms with Gasteiger partial charge in [0, 0.05) is 5.38 Å². The fraction of sp³-hybridized carbons (Fsp3) is 0.176. The topological polar surface area (TPSA) is 81.8 Å². The van der Waals surface area contributed by atoms with Crippen LogP contribution in [0.25, 0.3) is 10.6 Å². The van der Waals surface area contributed by atoms with Crippen LogP contribution in [0.3, 0.4) is 0 Å². The van der Waals surface area contributed by atoms with Crippen LogP contribution in [0.5, 0.6) is 11.5 Å². The van der Waals surface area contributed by atoms with Gasteiger partial charge in [-0.1, -0.05) is 12.1 Å². The number of hydrogen-bond acceptors (Lipinski definition) is 6. The Balaban J connectivity index is 0.00000243. The normalized spacial score (nSPS) is 10.9. The summed E-state index contributed by atoms with van der Waals surface area (Å²) in [6, 6.07) is 9.64. The van der Waals surface area contributed by atoms with Crippen molar-refractivity contribution in [3.05, 3.63) is 46.7 Å². The van der Waals surface area contributed by atoms with Crippen molar-refractivity contribution < 1.29 is 9.47 Å². The summed E-state index contributed by atoms with van der Waals surface area (Å²) in [5.41, 5.74) is 7.77. The molecule has 2 aromatic heterocycles. The summed E-state index contributed by atoms with van der Waals surface area (Å²) in [5, 5.41) is 7.75. The fourth-order valence-corrected chi connectivity index (χ4v) is 3.74. The smallest absolute Gasteiger partial charge is 0.195 e. The van der Waals surface area contributed by atoms with Gasteiger partial charge >= 0.3 is 0 Å². The lowest BCUT2D eigenvalue weighted by molar-refractivity contribution is 0.385. The molecule has 0 atom stereocenters. The zero-order chi connectivity index (χ0) is 17.6. The number of ether oxygens (including phenoxy) is 2. The van der Waals surface area contributed by atoms with Crippen molar-refractivity contribution >= 4 is 50.7 Å². The minimum Gasteiger partial charge on any atom is -0.496 e. The minimum atomic E-state index is 0. The molecule has 1 aromatic carbocycles. The third-order valence-electron chi connectivity index (χ3n) is 3.45. The number of nitrogens with zero attached hydrogens (tertiary/aromatic N) is 2. The quantitative estimate of drug-likeness (QED) is 0.426. The summed E-state index contributed by atoms with van der Waals surface area (Å²) in [6.45, 7) is 0.342. The standard InChI is InChI=1S/C17H18N4O2S2.BrH/c1-22-13-5-3-6-14(23-2)11(13)9-19-16(18)21-17-20-12(10-25-17)15-7-4-8-24-15;/h3-8,10H,9H2,1-2H3,(H3,18,19,20,21);1H. The van der Waals surface area contributed by atoms with E-state index in [1.165, 1.54) is 11.3 Å². The van der Waals surface area contributed by atoms with Crippen LogP contribution in [-0.2, 0) is 6.54 Å². The number of anilines is 1. The van der Waals surface area contributed by atoms with Crippen molar-refractivity contribution in [2.24, 2.45) is 10.7 Å². The zero-order valence-corrected chi connectivity index (χ0v) is 17.6. The number of aliphatic imine (C=N–C) groups is 1. The Labute approximate surface area is 170 Å². The van der Waals surface area contributed by atoms with Gasteiger partial charge in [0.05, 0.1) is 36.9 Å². The minimum absolute atomic E-state index is 0. The first-order valence-electron chi connectivity index (χ1n) is 7.47. The van der Waals surface area contributed by atoms with E-state index >= 15 is 0 Å². The van der Waals surface area contributed by atoms with Crippen molar-refractivity contribution in [1.29, 1.82) is 0 Å². The van der Waals surface area contributed by atoms with Crippen LogP contribution >= 0.6 is 39.7 Å². The Morgan fingerprint density at radius 1 is 1.15 bits per heavy atom. The van der Waals surface area contributed by atoms with E-state index in [1.807, 2.05) is 41.1 Å². The Hall–Kier alpha value is -2.10. The molecule has 0 bridgehead atoms. The van der Waals surface area contributed by atoms with E-state index in [1.54, 1.807) is 25.6 Å². The Morgan fingerprint density at radius 2 is 1.88 bits per heavy atom. The predicted molar refractivity (Wildman–Crippen MR) is 114 cm³/mol. The maximum atomic E-state index is 5.99. The van der Waals surface area contributed by atoms with Gasteiger partial charge in [-0.2, -0.15) is 0 Å². The van der Waals surface area contributed by atoms with Crippen LogP contribution in [0.1, 0.15) is 5.56 Å². The number of aromatic nitrogens is 1. The molecule has 0 aliphatic heterocycles.